The maximum absolute atomic E-state index is 15.6. The first-order valence-corrected chi connectivity index (χ1v) is 13.1. The van der Waals surface area contributed by atoms with Gasteiger partial charge in [-0.1, -0.05) is 53.9 Å². The molecule has 14 heteroatoms. The van der Waals surface area contributed by atoms with Crippen molar-refractivity contribution in [2.75, 3.05) is 13.2 Å². The molecular weight excluding hydrogens is 522 g/mol. The topological polar surface area (TPSA) is 162 Å². The summed E-state index contributed by atoms with van der Waals surface area (Å²) in [6.07, 6.45) is -2.73. The SMILES string of the molecule is CCCCCCOC(=O)NC1=N[C@@H](O)N([C@@H]2O[C@H](COC(=O)C(C)C)[C@@H](OC(=O)[C@H](N)C(C)C)C2(F)F)C=C1. The number of aliphatic imine (C=N–C) groups is 1. The highest BCUT2D eigenvalue weighted by atomic mass is 19.3. The maximum Gasteiger partial charge on any atom is 0.412 e. The summed E-state index contributed by atoms with van der Waals surface area (Å²) in [5.74, 6) is -6.67. The van der Waals surface area contributed by atoms with Gasteiger partial charge in [0.2, 0.25) is 12.6 Å². The van der Waals surface area contributed by atoms with E-state index in [2.05, 4.69) is 17.2 Å². The minimum atomic E-state index is -3.88. The number of carbonyl (C=O) groups is 3. The summed E-state index contributed by atoms with van der Waals surface area (Å²) in [6.45, 7) is 8.00. The molecule has 0 bridgehead atoms. The van der Waals surface area contributed by atoms with E-state index in [-0.39, 0.29) is 12.4 Å². The Kier molecular flexibility index (Phi) is 12.1. The number of alkyl halides is 2. The van der Waals surface area contributed by atoms with Gasteiger partial charge in [0, 0.05) is 6.20 Å². The first kappa shape index (κ1) is 32.4. The molecule has 2 aliphatic heterocycles. The van der Waals surface area contributed by atoms with Gasteiger partial charge < -0.3 is 34.7 Å². The molecule has 1 amide bonds. The minimum absolute atomic E-state index is 0.119. The molecule has 2 heterocycles. The van der Waals surface area contributed by atoms with Gasteiger partial charge in [-0.3, -0.25) is 14.9 Å². The number of amides is 1. The van der Waals surface area contributed by atoms with E-state index in [0.29, 0.717) is 11.3 Å². The standard InChI is InChI=1S/C25H40F2N4O8/c1-6-7-8-9-12-36-24(35)30-17-10-11-31(23(34)29-17)22-25(26,27)19(39-21(33)18(28)14(2)3)16(38-22)13-37-20(32)15(4)5/h10-11,14-16,18-19,22-23,34H,6-9,12-13,28H2,1-5H3,(H,29,30,35)/t16-,18-,19-,22-,23-/m1/s1. The average Bonchev–Trinajstić information content (AvgIpc) is 3.10. The summed E-state index contributed by atoms with van der Waals surface area (Å²) >= 11 is 0. The molecule has 4 N–H and O–H groups in total. The predicted molar refractivity (Wildman–Crippen MR) is 135 cm³/mol. The van der Waals surface area contributed by atoms with Crippen LogP contribution in [0.5, 0.6) is 0 Å². The van der Waals surface area contributed by atoms with Crippen molar-refractivity contribution in [2.45, 2.75) is 97.1 Å². The fourth-order valence-corrected chi connectivity index (χ4v) is 3.65. The molecular formula is C25H40F2N4O8. The summed E-state index contributed by atoms with van der Waals surface area (Å²) < 4.78 is 51.9. The second-order valence-electron chi connectivity index (χ2n) is 10.1. The number of hydrogen-bond donors (Lipinski definition) is 3. The fourth-order valence-electron chi connectivity index (χ4n) is 3.65. The molecule has 0 aliphatic carbocycles. The van der Waals surface area contributed by atoms with Crippen molar-refractivity contribution in [3.8, 4) is 0 Å². The van der Waals surface area contributed by atoms with Crippen LogP contribution >= 0.6 is 0 Å². The number of esters is 2. The van der Waals surface area contributed by atoms with Gasteiger partial charge in [0.1, 0.15) is 24.6 Å². The Morgan fingerprint density at radius 2 is 1.87 bits per heavy atom. The normalized spacial score (nSPS) is 24.9. The first-order chi connectivity index (χ1) is 18.3. The molecule has 0 saturated carbocycles. The van der Waals surface area contributed by atoms with Crippen molar-refractivity contribution >= 4 is 23.9 Å². The second kappa shape index (κ2) is 14.5. The Labute approximate surface area is 226 Å². The number of halogens is 2. The fraction of sp³-hybridized carbons (Fsp3) is 0.760. The van der Waals surface area contributed by atoms with Crippen LogP contribution in [0.4, 0.5) is 13.6 Å². The highest BCUT2D eigenvalue weighted by Gasteiger charge is 2.64. The monoisotopic (exact) mass is 562 g/mol. The molecule has 222 valence electrons. The molecule has 0 unspecified atom stereocenters. The molecule has 5 atom stereocenters. The van der Waals surface area contributed by atoms with Crippen molar-refractivity contribution in [3.63, 3.8) is 0 Å². The second-order valence-corrected chi connectivity index (χ2v) is 10.1. The lowest BCUT2D eigenvalue weighted by atomic mass is 10.0. The summed E-state index contributed by atoms with van der Waals surface area (Å²) in [7, 11) is 0. The van der Waals surface area contributed by atoms with Gasteiger partial charge in [0.25, 0.3) is 0 Å². The number of nitrogens with zero attached hydrogens (tertiary/aromatic N) is 2. The molecule has 1 fully saturated rings. The van der Waals surface area contributed by atoms with E-state index in [1.54, 1.807) is 27.7 Å². The van der Waals surface area contributed by atoms with Gasteiger partial charge in [-0.05, 0) is 18.4 Å². The van der Waals surface area contributed by atoms with Gasteiger partial charge in [-0.15, -0.1) is 0 Å². The van der Waals surface area contributed by atoms with E-state index in [1.807, 2.05) is 0 Å². The Morgan fingerprint density at radius 1 is 1.18 bits per heavy atom. The number of unbranched alkanes of at least 4 members (excludes halogenated alkanes) is 3. The molecule has 1 saturated heterocycles. The number of nitrogens with one attached hydrogen (secondary N) is 1. The number of hydrogen-bond acceptors (Lipinski definition) is 11. The van der Waals surface area contributed by atoms with Crippen LogP contribution in [0.25, 0.3) is 0 Å². The van der Waals surface area contributed by atoms with Crippen LogP contribution in [0.3, 0.4) is 0 Å². The highest BCUT2D eigenvalue weighted by molar-refractivity contribution is 6.02. The number of aliphatic hydroxyl groups excluding tert-OH is 1. The number of carbonyl (C=O) groups excluding carboxylic acids is 3. The number of rotatable bonds is 12. The lowest BCUT2D eigenvalue weighted by molar-refractivity contribution is -0.196. The summed E-state index contributed by atoms with van der Waals surface area (Å²) in [5.41, 5.74) is 5.77. The molecule has 0 aromatic carbocycles. The maximum atomic E-state index is 15.6. The van der Waals surface area contributed by atoms with E-state index in [0.717, 1.165) is 25.5 Å². The van der Waals surface area contributed by atoms with Crippen molar-refractivity contribution in [1.29, 1.82) is 0 Å². The van der Waals surface area contributed by atoms with Gasteiger partial charge in [-0.2, -0.15) is 8.78 Å². The number of ether oxygens (including phenoxy) is 4. The Hall–Kier alpha value is -2.84. The molecule has 2 rings (SSSR count). The lowest BCUT2D eigenvalue weighted by Gasteiger charge is -2.34. The van der Waals surface area contributed by atoms with Gasteiger partial charge >= 0.3 is 24.0 Å². The summed E-state index contributed by atoms with van der Waals surface area (Å²) in [4.78, 5) is 40.9. The van der Waals surface area contributed by atoms with Crippen molar-refractivity contribution in [2.24, 2.45) is 22.6 Å². The van der Waals surface area contributed by atoms with Crippen LogP contribution in [-0.2, 0) is 28.5 Å². The summed E-state index contributed by atoms with van der Waals surface area (Å²) in [5, 5.41) is 12.8. The third kappa shape index (κ3) is 8.83. The molecule has 2 aliphatic rings. The predicted octanol–water partition coefficient (Wildman–Crippen LogP) is 2.25. The van der Waals surface area contributed by atoms with E-state index in [4.69, 9.17) is 24.7 Å². The number of aliphatic hydroxyl groups is 1. The van der Waals surface area contributed by atoms with Crippen LogP contribution in [0.1, 0.15) is 60.3 Å². The Balaban J connectivity index is 2.12. The van der Waals surface area contributed by atoms with Crippen LogP contribution in [-0.4, -0.2) is 83.8 Å². The Morgan fingerprint density at radius 3 is 2.46 bits per heavy atom. The van der Waals surface area contributed by atoms with Crippen molar-refractivity contribution in [1.82, 2.24) is 10.2 Å². The zero-order valence-corrected chi connectivity index (χ0v) is 23.0. The highest BCUT2D eigenvalue weighted by Crippen LogP contribution is 2.41. The third-order valence-electron chi connectivity index (χ3n) is 6.10. The third-order valence-corrected chi connectivity index (χ3v) is 6.10. The minimum Gasteiger partial charge on any atom is -0.463 e. The molecule has 0 radical (unpaired) electrons. The van der Waals surface area contributed by atoms with E-state index in [9.17, 15) is 19.5 Å². The molecule has 0 aromatic heterocycles. The average molecular weight is 563 g/mol. The van der Waals surface area contributed by atoms with E-state index < -0.39 is 73.2 Å². The molecule has 12 nitrogen and oxygen atoms in total. The van der Waals surface area contributed by atoms with Crippen molar-refractivity contribution < 1.29 is 47.2 Å². The van der Waals surface area contributed by atoms with Gasteiger partial charge in [0.05, 0.1) is 12.5 Å². The van der Waals surface area contributed by atoms with E-state index >= 15 is 8.78 Å². The lowest BCUT2D eigenvalue weighted by Crippen LogP contribution is -2.53. The largest absolute Gasteiger partial charge is 0.463 e. The van der Waals surface area contributed by atoms with Crippen LogP contribution in [0.2, 0.25) is 0 Å². The molecule has 0 spiro atoms. The molecule has 39 heavy (non-hydrogen) atoms. The van der Waals surface area contributed by atoms with Crippen LogP contribution in [0.15, 0.2) is 17.3 Å². The quantitative estimate of drug-likeness (QED) is 0.183. The van der Waals surface area contributed by atoms with Crippen molar-refractivity contribution in [3.05, 3.63) is 12.3 Å². The van der Waals surface area contributed by atoms with Gasteiger partial charge in [-0.25, -0.2) is 9.79 Å². The number of amidine groups is 1. The zero-order valence-electron chi connectivity index (χ0n) is 23.0. The van der Waals surface area contributed by atoms with Crippen LogP contribution in [0, 0.1) is 11.8 Å². The zero-order chi connectivity index (χ0) is 29.3. The van der Waals surface area contributed by atoms with Crippen LogP contribution < -0.4 is 11.1 Å². The first-order valence-electron chi connectivity index (χ1n) is 13.1. The molecule has 0 aromatic rings. The number of alkyl carbamates (subject to hydrolysis) is 1. The number of nitrogens with two attached hydrogens (primary N) is 1. The smallest absolute Gasteiger partial charge is 0.412 e. The Bertz CT molecular complexity index is 915. The summed E-state index contributed by atoms with van der Waals surface area (Å²) in [6, 6.07) is -1.18. The van der Waals surface area contributed by atoms with E-state index in [1.165, 1.54) is 6.08 Å². The van der Waals surface area contributed by atoms with Gasteiger partial charge in [0.15, 0.2) is 6.10 Å².